The molecule has 0 saturated carbocycles. The summed E-state index contributed by atoms with van der Waals surface area (Å²) in [5, 5.41) is 9.75. The fourth-order valence-corrected chi connectivity index (χ4v) is 1.09. The molecule has 0 aliphatic rings. The predicted molar refractivity (Wildman–Crippen MR) is 48.0 cm³/mol. The molecule has 4 heteroatoms. The van der Waals surface area contributed by atoms with Gasteiger partial charge in [-0.3, -0.25) is 0 Å². The van der Waals surface area contributed by atoms with Crippen molar-refractivity contribution in [1.29, 1.82) is 0 Å². The van der Waals surface area contributed by atoms with E-state index >= 15 is 0 Å². The first-order chi connectivity index (χ1) is 6.48. The number of esters is 1. The minimum Gasteiger partial charge on any atom is -0.467 e. The summed E-state index contributed by atoms with van der Waals surface area (Å²) in [7, 11) is 1.18. The van der Waals surface area contributed by atoms with Gasteiger partial charge in [0, 0.05) is 0 Å². The standard InChI is InChI=1S/C10H11FO3/c1-10(13,9(12)14-2)7-3-5-8(11)6-4-7/h3-6,13H,1-2H3/t10-/m0/s1. The normalized spacial score (nSPS) is 14.6. The van der Waals surface area contributed by atoms with Gasteiger partial charge in [0.2, 0.25) is 0 Å². The maximum atomic E-state index is 12.6. The van der Waals surface area contributed by atoms with Crippen LogP contribution in [0.1, 0.15) is 12.5 Å². The van der Waals surface area contributed by atoms with E-state index in [1.165, 1.54) is 38.3 Å². The Morgan fingerprint density at radius 1 is 1.43 bits per heavy atom. The zero-order chi connectivity index (χ0) is 10.8. The Labute approximate surface area is 81.1 Å². The first-order valence-electron chi connectivity index (χ1n) is 4.05. The molecule has 0 radical (unpaired) electrons. The molecule has 1 rings (SSSR count). The molecule has 0 spiro atoms. The molecule has 0 bridgehead atoms. The quantitative estimate of drug-likeness (QED) is 0.726. The molecule has 76 valence electrons. The molecule has 0 aliphatic carbocycles. The van der Waals surface area contributed by atoms with Crippen molar-refractivity contribution in [3.63, 3.8) is 0 Å². The van der Waals surface area contributed by atoms with E-state index in [0.29, 0.717) is 5.56 Å². The average molecular weight is 198 g/mol. The van der Waals surface area contributed by atoms with E-state index in [2.05, 4.69) is 4.74 Å². The monoisotopic (exact) mass is 198 g/mol. The van der Waals surface area contributed by atoms with E-state index < -0.39 is 17.4 Å². The summed E-state index contributed by atoms with van der Waals surface area (Å²) in [6.45, 7) is 1.30. The van der Waals surface area contributed by atoms with Crippen molar-refractivity contribution in [1.82, 2.24) is 0 Å². The van der Waals surface area contributed by atoms with Gasteiger partial charge in [-0.1, -0.05) is 12.1 Å². The smallest absolute Gasteiger partial charge is 0.342 e. The molecule has 1 atom stereocenters. The van der Waals surface area contributed by atoms with E-state index in [0.717, 1.165) is 0 Å². The van der Waals surface area contributed by atoms with Gasteiger partial charge in [0.15, 0.2) is 5.60 Å². The Bertz CT molecular complexity index is 330. The second-order valence-electron chi connectivity index (χ2n) is 3.07. The van der Waals surface area contributed by atoms with Crippen LogP contribution in [0.15, 0.2) is 24.3 Å². The van der Waals surface area contributed by atoms with Crippen LogP contribution in [0.2, 0.25) is 0 Å². The predicted octanol–water partition coefficient (Wildman–Crippen LogP) is 1.21. The first kappa shape index (κ1) is 10.7. The van der Waals surface area contributed by atoms with Gasteiger partial charge in [-0.05, 0) is 24.6 Å². The van der Waals surface area contributed by atoms with Crippen LogP contribution in [0.25, 0.3) is 0 Å². The van der Waals surface area contributed by atoms with Gasteiger partial charge in [-0.15, -0.1) is 0 Å². The van der Waals surface area contributed by atoms with Gasteiger partial charge in [0.1, 0.15) is 5.82 Å². The maximum absolute atomic E-state index is 12.6. The van der Waals surface area contributed by atoms with Crippen molar-refractivity contribution in [2.45, 2.75) is 12.5 Å². The van der Waals surface area contributed by atoms with E-state index in [1.807, 2.05) is 0 Å². The summed E-state index contributed by atoms with van der Waals surface area (Å²) >= 11 is 0. The number of ether oxygens (including phenoxy) is 1. The van der Waals surface area contributed by atoms with E-state index in [1.54, 1.807) is 0 Å². The van der Waals surface area contributed by atoms with Crippen molar-refractivity contribution in [2.75, 3.05) is 7.11 Å². The van der Waals surface area contributed by atoms with Crippen molar-refractivity contribution in [3.05, 3.63) is 35.6 Å². The molecule has 0 amide bonds. The summed E-state index contributed by atoms with van der Waals surface area (Å²) in [5.41, 5.74) is -1.44. The average Bonchev–Trinajstić information content (AvgIpc) is 2.17. The Balaban J connectivity index is 3.03. The molecule has 1 aromatic carbocycles. The Kier molecular flexibility index (Phi) is 2.86. The molecule has 0 aromatic heterocycles. The van der Waals surface area contributed by atoms with E-state index in [9.17, 15) is 14.3 Å². The van der Waals surface area contributed by atoms with Crippen LogP contribution >= 0.6 is 0 Å². The number of benzene rings is 1. The topological polar surface area (TPSA) is 46.5 Å². The van der Waals surface area contributed by atoms with Gasteiger partial charge in [0.05, 0.1) is 7.11 Å². The second kappa shape index (κ2) is 3.75. The number of carbonyl (C=O) groups excluding carboxylic acids is 1. The van der Waals surface area contributed by atoms with Crippen molar-refractivity contribution >= 4 is 5.97 Å². The number of hydrogen-bond donors (Lipinski definition) is 1. The summed E-state index contributed by atoms with van der Waals surface area (Å²) < 4.78 is 17.0. The number of hydrogen-bond acceptors (Lipinski definition) is 3. The Morgan fingerprint density at radius 3 is 2.36 bits per heavy atom. The van der Waals surface area contributed by atoms with E-state index in [4.69, 9.17) is 0 Å². The fraction of sp³-hybridized carbons (Fsp3) is 0.300. The summed E-state index contributed by atoms with van der Waals surface area (Å²) in [6, 6.07) is 5.03. The number of methoxy groups -OCH3 is 1. The van der Waals surface area contributed by atoms with E-state index in [-0.39, 0.29) is 0 Å². The minimum atomic E-state index is -1.73. The Hall–Kier alpha value is -1.42. The fourth-order valence-electron chi connectivity index (χ4n) is 1.09. The summed E-state index contributed by atoms with van der Waals surface area (Å²) in [5.74, 6) is -1.20. The second-order valence-corrected chi connectivity index (χ2v) is 3.07. The van der Waals surface area contributed by atoms with Gasteiger partial charge >= 0.3 is 5.97 Å². The molecule has 0 saturated heterocycles. The third-order valence-electron chi connectivity index (χ3n) is 1.99. The lowest BCUT2D eigenvalue weighted by Gasteiger charge is -2.20. The highest BCUT2D eigenvalue weighted by Crippen LogP contribution is 2.21. The van der Waals surface area contributed by atoms with Crippen molar-refractivity contribution in [2.24, 2.45) is 0 Å². The highest BCUT2D eigenvalue weighted by Gasteiger charge is 2.33. The largest absolute Gasteiger partial charge is 0.467 e. The lowest BCUT2D eigenvalue weighted by atomic mass is 9.96. The highest BCUT2D eigenvalue weighted by atomic mass is 19.1. The van der Waals surface area contributed by atoms with Crippen LogP contribution in [-0.2, 0) is 15.1 Å². The van der Waals surface area contributed by atoms with Crippen LogP contribution in [-0.4, -0.2) is 18.2 Å². The zero-order valence-electron chi connectivity index (χ0n) is 7.95. The zero-order valence-corrected chi connectivity index (χ0v) is 7.95. The molecular formula is C10H11FO3. The van der Waals surface area contributed by atoms with Gasteiger partial charge in [-0.2, -0.15) is 0 Å². The molecule has 0 fully saturated rings. The van der Waals surface area contributed by atoms with Crippen LogP contribution in [0.5, 0.6) is 0 Å². The van der Waals surface area contributed by atoms with Crippen LogP contribution in [0.3, 0.4) is 0 Å². The van der Waals surface area contributed by atoms with Gasteiger partial charge < -0.3 is 9.84 Å². The number of halogens is 1. The molecule has 14 heavy (non-hydrogen) atoms. The molecule has 1 N–H and O–H groups in total. The van der Waals surface area contributed by atoms with Gasteiger partial charge in [-0.25, -0.2) is 9.18 Å². The third-order valence-corrected chi connectivity index (χ3v) is 1.99. The van der Waals surface area contributed by atoms with Crippen LogP contribution in [0, 0.1) is 5.82 Å². The third kappa shape index (κ3) is 1.90. The van der Waals surface area contributed by atoms with Gasteiger partial charge in [0.25, 0.3) is 0 Å². The van der Waals surface area contributed by atoms with Crippen LogP contribution in [0.4, 0.5) is 4.39 Å². The first-order valence-corrected chi connectivity index (χ1v) is 4.05. The number of aliphatic hydroxyl groups is 1. The summed E-state index contributed by atoms with van der Waals surface area (Å²) in [6.07, 6.45) is 0. The van der Waals surface area contributed by atoms with Crippen molar-refractivity contribution < 1.29 is 19.0 Å². The molecule has 0 unspecified atom stereocenters. The van der Waals surface area contributed by atoms with Crippen LogP contribution < -0.4 is 0 Å². The molecular weight excluding hydrogens is 187 g/mol. The molecule has 1 aromatic rings. The summed E-state index contributed by atoms with van der Waals surface area (Å²) in [4.78, 5) is 11.2. The minimum absolute atomic E-state index is 0.297. The Morgan fingerprint density at radius 2 is 1.93 bits per heavy atom. The lowest BCUT2D eigenvalue weighted by Crippen LogP contribution is -2.33. The van der Waals surface area contributed by atoms with Crippen molar-refractivity contribution in [3.8, 4) is 0 Å². The molecule has 3 nitrogen and oxygen atoms in total. The maximum Gasteiger partial charge on any atom is 0.342 e. The molecule has 0 heterocycles. The SMILES string of the molecule is COC(=O)[C@@](C)(O)c1ccc(F)cc1. The number of carbonyl (C=O) groups is 1. The number of rotatable bonds is 2. The highest BCUT2D eigenvalue weighted by molar-refractivity contribution is 5.80. The lowest BCUT2D eigenvalue weighted by molar-refractivity contribution is -0.161. The molecule has 0 aliphatic heterocycles.